The predicted molar refractivity (Wildman–Crippen MR) is 70.2 cm³/mol. The molecular weight excluding hydrogens is 224 g/mol. The largest absolute Gasteiger partial charge is 0.262 e. The third-order valence-corrected chi connectivity index (χ3v) is 3.65. The molecule has 0 aromatic carbocycles. The summed E-state index contributed by atoms with van der Waals surface area (Å²) in [5, 5.41) is 7.45. The minimum Gasteiger partial charge on any atom is -0.262 e. The number of hydrogen-bond acceptors (Lipinski definition) is 3. The van der Waals surface area contributed by atoms with E-state index in [0.29, 0.717) is 5.92 Å². The third-order valence-electron chi connectivity index (χ3n) is 3.65. The fourth-order valence-electron chi connectivity index (χ4n) is 2.65. The van der Waals surface area contributed by atoms with Gasteiger partial charge in [0.1, 0.15) is 5.82 Å². The molecular formula is C14H18N4. The van der Waals surface area contributed by atoms with Gasteiger partial charge in [-0.25, -0.2) is 4.98 Å². The number of aromatic amines is 1. The van der Waals surface area contributed by atoms with Crippen LogP contribution in [-0.4, -0.2) is 20.2 Å². The SMILES string of the molecule is Cc1cc(-c2n[nH]c(C3CCCCC3)n2)ccn1. The second-order valence-electron chi connectivity index (χ2n) is 5.07. The molecule has 2 aromatic heterocycles. The first-order valence-electron chi connectivity index (χ1n) is 6.68. The van der Waals surface area contributed by atoms with E-state index in [-0.39, 0.29) is 0 Å². The van der Waals surface area contributed by atoms with Crippen molar-refractivity contribution in [1.82, 2.24) is 20.2 Å². The maximum atomic E-state index is 4.65. The lowest BCUT2D eigenvalue weighted by molar-refractivity contribution is 0.429. The Labute approximate surface area is 107 Å². The standard InChI is InChI=1S/C14H18N4/c1-10-9-12(7-8-15-10)14-16-13(17-18-14)11-5-3-2-4-6-11/h7-9,11H,2-6H2,1H3,(H,16,17,18). The summed E-state index contributed by atoms with van der Waals surface area (Å²) in [5.74, 6) is 2.42. The van der Waals surface area contributed by atoms with Gasteiger partial charge in [0.25, 0.3) is 0 Å². The lowest BCUT2D eigenvalue weighted by Gasteiger charge is -2.18. The lowest BCUT2D eigenvalue weighted by atomic mass is 9.89. The fourth-order valence-corrected chi connectivity index (χ4v) is 2.65. The number of aromatic nitrogens is 4. The first kappa shape index (κ1) is 11.4. The summed E-state index contributed by atoms with van der Waals surface area (Å²) < 4.78 is 0. The van der Waals surface area contributed by atoms with E-state index >= 15 is 0 Å². The fraction of sp³-hybridized carbons (Fsp3) is 0.500. The summed E-state index contributed by atoms with van der Waals surface area (Å²) in [5.41, 5.74) is 2.04. The van der Waals surface area contributed by atoms with Gasteiger partial charge in [0.15, 0.2) is 5.82 Å². The Hall–Kier alpha value is -1.71. The van der Waals surface area contributed by atoms with Crippen LogP contribution in [0.3, 0.4) is 0 Å². The van der Waals surface area contributed by atoms with Gasteiger partial charge in [0, 0.05) is 23.4 Å². The molecule has 0 saturated heterocycles. The molecule has 0 radical (unpaired) electrons. The quantitative estimate of drug-likeness (QED) is 0.879. The van der Waals surface area contributed by atoms with E-state index in [9.17, 15) is 0 Å². The van der Waals surface area contributed by atoms with E-state index in [1.807, 2.05) is 19.1 Å². The second-order valence-corrected chi connectivity index (χ2v) is 5.07. The summed E-state index contributed by atoms with van der Waals surface area (Å²) in [6.45, 7) is 1.98. The minimum atomic E-state index is 0.572. The number of rotatable bonds is 2. The molecule has 0 spiro atoms. The zero-order valence-electron chi connectivity index (χ0n) is 10.7. The molecule has 1 aliphatic carbocycles. The predicted octanol–water partition coefficient (Wildman–Crippen LogP) is 3.22. The zero-order valence-corrected chi connectivity index (χ0v) is 10.7. The summed E-state index contributed by atoms with van der Waals surface area (Å²) in [6.07, 6.45) is 8.28. The van der Waals surface area contributed by atoms with Crippen LogP contribution in [0.5, 0.6) is 0 Å². The van der Waals surface area contributed by atoms with Crippen molar-refractivity contribution in [3.63, 3.8) is 0 Å². The number of nitrogens with zero attached hydrogens (tertiary/aromatic N) is 3. The van der Waals surface area contributed by atoms with Gasteiger partial charge in [-0.2, -0.15) is 5.10 Å². The number of aryl methyl sites for hydroxylation is 1. The Morgan fingerprint density at radius 3 is 2.83 bits per heavy atom. The number of H-pyrrole nitrogens is 1. The van der Waals surface area contributed by atoms with Crippen LogP contribution in [0.2, 0.25) is 0 Å². The van der Waals surface area contributed by atoms with Gasteiger partial charge in [-0.1, -0.05) is 19.3 Å². The average molecular weight is 242 g/mol. The first-order chi connectivity index (χ1) is 8.83. The molecule has 0 aliphatic heterocycles. The molecule has 2 heterocycles. The van der Waals surface area contributed by atoms with Crippen molar-refractivity contribution in [2.75, 3.05) is 0 Å². The Bertz CT molecular complexity index is 526. The van der Waals surface area contributed by atoms with Crippen molar-refractivity contribution in [1.29, 1.82) is 0 Å². The van der Waals surface area contributed by atoms with Crippen molar-refractivity contribution in [2.24, 2.45) is 0 Å². The van der Waals surface area contributed by atoms with Gasteiger partial charge >= 0.3 is 0 Å². The summed E-state index contributed by atoms with van der Waals surface area (Å²) in [4.78, 5) is 8.85. The van der Waals surface area contributed by atoms with Gasteiger partial charge < -0.3 is 0 Å². The number of pyridine rings is 1. The summed E-state index contributed by atoms with van der Waals surface area (Å²) in [7, 11) is 0. The number of hydrogen-bond donors (Lipinski definition) is 1. The van der Waals surface area contributed by atoms with Crippen LogP contribution in [0, 0.1) is 6.92 Å². The van der Waals surface area contributed by atoms with Crippen LogP contribution in [0.1, 0.15) is 49.5 Å². The van der Waals surface area contributed by atoms with E-state index in [1.165, 1.54) is 32.1 Å². The summed E-state index contributed by atoms with van der Waals surface area (Å²) in [6, 6.07) is 3.98. The molecule has 18 heavy (non-hydrogen) atoms. The zero-order chi connectivity index (χ0) is 12.4. The van der Waals surface area contributed by atoms with Crippen LogP contribution in [0.25, 0.3) is 11.4 Å². The van der Waals surface area contributed by atoms with E-state index in [0.717, 1.165) is 22.9 Å². The maximum Gasteiger partial charge on any atom is 0.181 e. The molecule has 1 aliphatic rings. The topological polar surface area (TPSA) is 54.5 Å². The average Bonchev–Trinajstić information content (AvgIpc) is 2.89. The maximum absolute atomic E-state index is 4.65. The Balaban J connectivity index is 1.84. The molecule has 3 rings (SSSR count). The molecule has 94 valence electrons. The van der Waals surface area contributed by atoms with Crippen molar-refractivity contribution in [3.8, 4) is 11.4 Å². The molecule has 4 heteroatoms. The lowest BCUT2D eigenvalue weighted by Crippen LogP contribution is -2.06. The van der Waals surface area contributed by atoms with Crippen LogP contribution < -0.4 is 0 Å². The molecule has 1 saturated carbocycles. The van der Waals surface area contributed by atoms with Gasteiger partial charge in [-0.3, -0.25) is 10.1 Å². The normalized spacial score (nSPS) is 16.9. The molecule has 2 aromatic rings. The van der Waals surface area contributed by atoms with Crippen molar-refractivity contribution >= 4 is 0 Å². The third kappa shape index (κ3) is 2.28. The molecule has 0 bridgehead atoms. The molecule has 0 amide bonds. The Kier molecular flexibility index (Phi) is 3.09. The van der Waals surface area contributed by atoms with Gasteiger partial charge in [0.05, 0.1) is 0 Å². The molecule has 0 unspecified atom stereocenters. The van der Waals surface area contributed by atoms with Crippen molar-refractivity contribution in [2.45, 2.75) is 44.9 Å². The van der Waals surface area contributed by atoms with Crippen LogP contribution in [0.4, 0.5) is 0 Å². The first-order valence-corrected chi connectivity index (χ1v) is 6.68. The monoisotopic (exact) mass is 242 g/mol. The van der Waals surface area contributed by atoms with E-state index in [2.05, 4.69) is 20.2 Å². The Morgan fingerprint density at radius 2 is 2.06 bits per heavy atom. The van der Waals surface area contributed by atoms with E-state index in [1.54, 1.807) is 6.20 Å². The molecule has 1 fully saturated rings. The highest BCUT2D eigenvalue weighted by Crippen LogP contribution is 2.31. The highest BCUT2D eigenvalue weighted by molar-refractivity contribution is 5.54. The summed E-state index contributed by atoms with van der Waals surface area (Å²) >= 11 is 0. The highest BCUT2D eigenvalue weighted by atomic mass is 15.2. The Morgan fingerprint density at radius 1 is 1.22 bits per heavy atom. The van der Waals surface area contributed by atoms with Crippen molar-refractivity contribution in [3.05, 3.63) is 29.8 Å². The van der Waals surface area contributed by atoms with Crippen LogP contribution in [-0.2, 0) is 0 Å². The number of nitrogens with one attached hydrogen (secondary N) is 1. The molecule has 1 N–H and O–H groups in total. The van der Waals surface area contributed by atoms with E-state index < -0.39 is 0 Å². The van der Waals surface area contributed by atoms with Gasteiger partial charge in [0.2, 0.25) is 0 Å². The minimum absolute atomic E-state index is 0.572. The van der Waals surface area contributed by atoms with Crippen molar-refractivity contribution < 1.29 is 0 Å². The van der Waals surface area contributed by atoms with Gasteiger partial charge in [-0.05, 0) is 31.9 Å². The smallest absolute Gasteiger partial charge is 0.181 e. The highest BCUT2D eigenvalue weighted by Gasteiger charge is 2.19. The second kappa shape index (κ2) is 4.88. The van der Waals surface area contributed by atoms with Crippen LogP contribution in [0.15, 0.2) is 18.3 Å². The molecule has 4 nitrogen and oxygen atoms in total. The van der Waals surface area contributed by atoms with Crippen LogP contribution >= 0.6 is 0 Å². The molecule has 0 atom stereocenters. The van der Waals surface area contributed by atoms with Gasteiger partial charge in [-0.15, -0.1) is 0 Å². The van der Waals surface area contributed by atoms with E-state index in [4.69, 9.17) is 0 Å².